The molecule has 0 radical (unpaired) electrons. The SMILES string of the molecule is COc1cc(Br)ccc1C#CCNC(=O)OC(C)(C)C. The molecule has 1 amide bonds. The van der Waals surface area contributed by atoms with E-state index in [4.69, 9.17) is 9.47 Å². The lowest BCUT2D eigenvalue weighted by Gasteiger charge is -2.19. The van der Waals surface area contributed by atoms with E-state index in [0.717, 1.165) is 10.0 Å². The number of hydrogen-bond donors (Lipinski definition) is 1. The number of rotatable bonds is 2. The van der Waals surface area contributed by atoms with Gasteiger partial charge in [-0.3, -0.25) is 0 Å². The molecule has 0 fully saturated rings. The highest BCUT2D eigenvalue weighted by molar-refractivity contribution is 9.10. The molecule has 0 heterocycles. The number of carbonyl (C=O) groups excluding carboxylic acids is 1. The molecule has 20 heavy (non-hydrogen) atoms. The minimum Gasteiger partial charge on any atom is -0.495 e. The maximum atomic E-state index is 11.4. The smallest absolute Gasteiger partial charge is 0.408 e. The Labute approximate surface area is 128 Å². The van der Waals surface area contributed by atoms with Gasteiger partial charge in [0.05, 0.1) is 19.2 Å². The van der Waals surface area contributed by atoms with Gasteiger partial charge in [-0.2, -0.15) is 0 Å². The number of amides is 1. The van der Waals surface area contributed by atoms with Crippen molar-refractivity contribution in [3.63, 3.8) is 0 Å². The summed E-state index contributed by atoms with van der Waals surface area (Å²) in [5.41, 5.74) is 0.258. The fourth-order valence-electron chi connectivity index (χ4n) is 1.34. The number of nitrogens with one attached hydrogen (secondary N) is 1. The minimum atomic E-state index is -0.508. The van der Waals surface area contributed by atoms with Crippen LogP contribution in [0.15, 0.2) is 22.7 Å². The Hall–Kier alpha value is -1.67. The van der Waals surface area contributed by atoms with Gasteiger partial charge in [-0.05, 0) is 39.0 Å². The van der Waals surface area contributed by atoms with Gasteiger partial charge in [-0.25, -0.2) is 4.79 Å². The van der Waals surface area contributed by atoms with Crippen LogP contribution in [0.1, 0.15) is 26.3 Å². The second kappa shape index (κ2) is 7.20. The summed E-state index contributed by atoms with van der Waals surface area (Å²) in [7, 11) is 1.59. The molecule has 0 aliphatic heterocycles. The van der Waals surface area contributed by atoms with Crippen LogP contribution in [0, 0.1) is 11.8 Å². The molecular weight excluding hydrogens is 322 g/mol. The van der Waals surface area contributed by atoms with Crippen LogP contribution in [0.3, 0.4) is 0 Å². The lowest BCUT2D eigenvalue weighted by atomic mass is 10.2. The molecule has 1 aromatic rings. The van der Waals surface area contributed by atoms with Crippen molar-refractivity contribution >= 4 is 22.0 Å². The molecule has 5 heteroatoms. The molecule has 0 aliphatic rings. The third kappa shape index (κ3) is 5.98. The van der Waals surface area contributed by atoms with Crippen molar-refractivity contribution < 1.29 is 14.3 Å². The number of benzene rings is 1. The molecule has 1 N–H and O–H groups in total. The first-order valence-corrected chi connectivity index (χ1v) is 6.90. The Balaban J connectivity index is 2.57. The predicted molar refractivity (Wildman–Crippen MR) is 81.8 cm³/mol. The molecule has 0 aromatic heterocycles. The molecule has 4 nitrogen and oxygen atoms in total. The molecule has 1 aromatic carbocycles. The third-order valence-electron chi connectivity index (χ3n) is 2.11. The molecule has 0 aliphatic carbocycles. The lowest BCUT2D eigenvalue weighted by molar-refractivity contribution is 0.0535. The van der Waals surface area contributed by atoms with Gasteiger partial charge in [0.25, 0.3) is 0 Å². The van der Waals surface area contributed by atoms with Gasteiger partial charge in [-0.1, -0.05) is 27.8 Å². The van der Waals surface area contributed by atoms with E-state index in [2.05, 4.69) is 33.1 Å². The van der Waals surface area contributed by atoms with E-state index in [1.807, 2.05) is 39.0 Å². The topological polar surface area (TPSA) is 47.6 Å². The fraction of sp³-hybridized carbons (Fsp3) is 0.400. The second-order valence-corrected chi connectivity index (χ2v) is 5.92. The molecule has 108 valence electrons. The van der Waals surface area contributed by atoms with Crippen molar-refractivity contribution in [2.24, 2.45) is 0 Å². The average Bonchev–Trinajstić information content (AvgIpc) is 2.33. The predicted octanol–water partition coefficient (Wildman–Crippen LogP) is 3.33. The van der Waals surface area contributed by atoms with Crippen LogP contribution in [0.25, 0.3) is 0 Å². The number of hydrogen-bond acceptors (Lipinski definition) is 3. The Morgan fingerprint density at radius 1 is 1.40 bits per heavy atom. The highest BCUT2D eigenvalue weighted by atomic mass is 79.9. The van der Waals surface area contributed by atoms with Gasteiger partial charge in [0, 0.05) is 4.47 Å². The number of methoxy groups -OCH3 is 1. The van der Waals surface area contributed by atoms with E-state index in [9.17, 15) is 4.79 Å². The summed E-state index contributed by atoms with van der Waals surface area (Å²) in [6, 6.07) is 5.57. The van der Waals surface area contributed by atoms with E-state index < -0.39 is 11.7 Å². The van der Waals surface area contributed by atoms with Gasteiger partial charge in [0.1, 0.15) is 11.4 Å². The summed E-state index contributed by atoms with van der Waals surface area (Å²) in [5.74, 6) is 6.48. The van der Waals surface area contributed by atoms with Gasteiger partial charge in [-0.15, -0.1) is 0 Å². The first-order chi connectivity index (χ1) is 9.31. The van der Waals surface area contributed by atoms with Crippen LogP contribution in [-0.4, -0.2) is 25.3 Å². The largest absolute Gasteiger partial charge is 0.495 e. The van der Waals surface area contributed by atoms with Crippen molar-refractivity contribution in [3.8, 4) is 17.6 Å². The van der Waals surface area contributed by atoms with Gasteiger partial charge in [0.2, 0.25) is 0 Å². The number of halogens is 1. The van der Waals surface area contributed by atoms with E-state index >= 15 is 0 Å². The third-order valence-corrected chi connectivity index (χ3v) is 2.60. The average molecular weight is 340 g/mol. The second-order valence-electron chi connectivity index (χ2n) is 5.00. The van der Waals surface area contributed by atoms with Gasteiger partial charge in [0.15, 0.2) is 0 Å². The monoisotopic (exact) mass is 339 g/mol. The van der Waals surface area contributed by atoms with Crippen LogP contribution in [0.5, 0.6) is 5.75 Å². The summed E-state index contributed by atoms with van der Waals surface area (Å²) in [6.45, 7) is 5.65. The Morgan fingerprint density at radius 2 is 2.10 bits per heavy atom. The summed E-state index contributed by atoms with van der Waals surface area (Å²) in [5, 5.41) is 2.57. The van der Waals surface area contributed by atoms with Crippen LogP contribution in [0.2, 0.25) is 0 Å². The minimum absolute atomic E-state index is 0.216. The number of ether oxygens (including phenoxy) is 2. The van der Waals surface area contributed by atoms with E-state index in [1.165, 1.54) is 0 Å². The van der Waals surface area contributed by atoms with E-state index in [1.54, 1.807) is 7.11 Å². The van der Waals surface area contributed by atoms with E-state index in [0.29, 0.717) is 5.75 Å². The Kier molecular flexibility index (Phi) is 5.90. The molecular formula is C15H18BrNO3. The molecule has 0 unspecified atom stereocenters. The summed E-state index contributed by atoms with van der Waals surface area (Å²) >= 11 is 3.36. The zero-order valence-electron chi connectivity index (χ0n) is 12.0. The Bertz CT molecular complexity index is 538. The molecule has 0 bridgehead atoms. The Morgan fingerprint density at radius 3 is 2.70 bits per heavy atom. The summed E-state index contributed by atoms with van der Waals surface area (Å²) < 4.78 is 11.3. The van der Waals surface area contributed by atoms with Crippen molar-refractivity contribution in [2.75, 3.05) is 13.7 Å². The van der Waals surface area contributed by atoms with Crippen molar-refractivity contribution in [1.29, 1.82) is 0 Å². The number of alkyl carbamates (subject to hydrolysis) is 1. The highest BCUT2D eigenvalue weighted by Gasteiger charge is 2.14. The van der Waals surface area contributed by atoms with Crippen molar-refractivity contribution in [2.45, 2.75) is 26.4 Å². The summed E-state index contributed by atoms with van der Waals surface area (Å²) in [4.78, 5) is 11.4. The van der Waals surface area contributed by atoms with Crippen molar-refractivity contribution in [1.82, 2.24) is 5.32 Å². The van der Waals surface area contributed by atoms with Gasteiger partial charge >= 0.3 is 6.09 Å². The van der Waals surface area contributed by atoms with Crippen LogP contribution >= 0.6 is 15.9 Å². The molecule has 0 spiro atoms. The fourth-order valence-corrected chi connectivity index (χ4v) is 1.68. The molecule has 0 atom stereocenters. The lowest BCUT2D eigenvalue weighted by Crippen LogP contribution is -2.32. The van der Waals surface area contributed by atoms with Crippen LogP contribution in [-0.2, 0) is 4.74 Å². The standard InChI is InChI=1S/C15H18BrNO3/c1-15(2,3)20-14(18)17-9-5-6-11-7-8-12(16)10-13(11)19-4/h7-8,10H,9H2,1-4H3,(H,17,18). The van der Waals surface area contributed by atoms with Crippen LogP contribution < -0.4 is 10.1 Å². The first kappa shape index (κ1) is 16.4. The maximum absolute atomic E-state index is 11.4. The van der Waals surface area contributed by atoms with Gasteiger partial charge < -0.3 is 14.8 Å². The highest BCUT2D eigenvalue weighted by Crippen LogP contribution is 2.22. The first-order valence-electron chi connectivity index (χ1n) is 6.11. The normalized spacial score (nSPS) is 10.2. The number of carbonyl (C=O) groups is 1. The quantitative estimate of drug-likeness (QED) is 0.840. The van der Waals surface area contributed by atoms with Crippen LogP contribution in [0.4, 0.5) is 4.79 Å². The molecule has 0 saturated carbocycles. The zero-order chi connectivity index (χ0) is 15.2. The summed E-state index contributed by atoms with van der Waals surface area (Å²) in [6.07, 6.45) is -0.477. The van der Waals surface area contributed by atoms with Crippen molar-refractivity contribution in [3.05, 3.63) is 28.2 Å². The van der Waals surface area contributed by atoms with E-state index in [-0.39, 0.29) is 6.54 Å². The maximum Gasteiger partial charge on any atom is 0.408 e. The molecule has 1 rings (SSSR count). The molecule has 0 saturated heterocycles. The zero-order valence-corrected chi connectivity index (χ0v) is 13.6.